The van der Waals surface area contributed by atoms with Gasteiger partial charge < -0.3 is 9.64 Å². The van der Waals surface area contributed by atoms with E-state index in [-0.39, 0.29) is 5.60 Å². The Kier molecular flexibility index (Phi) is 2.61. The minimum atomic E-state index is 0.0323. The summed E-state index contributed by atoms with van der Waals surface area (Å²) in [6.07, 6.45) is 4.15. The molecule has 82 valence electrons. The molecular formula is C12H23NO. The number of rotatable bonds is 4. The van der Waals surface area contributed by atoms with Gasteiger partial charge in [0.1, 0.15) is 0 Å². The predicted molar refractivity (Wildman–Crippen MR) is 58.4 cm³/mol. The molecule has 0 bridgehead atoms. The molecule has 1 aliphatic heterocycles. The summed E-state index contributed by atoms with van der Waals surface area (Å²) < 4.78 is 5.90. The van der Waals surface area contributed by atoms with Crippen molar-refractivity contribution in [3.05, 3.63) is 0 Å². The van der Waals surface area contributed by atoms with Crippen LogP contribution in [0.5, 0.6) is 0 Å². The first-order valence-corrected chi connectivity index (χ1v) is 5.86. The fourth-order valence-corrected chi connectivity index (χ4v) is 1.91. The van der Waals surface area contributed by atoms with Gasteiger partial charge in [-0.2, -0.15) is 0 Å². The Morgan fingerprint density at radius 1 is 1.21 bits per heavy atom. The number of likely N-dealkylation sites (tertiary alicyclic amines) is 1. The smallest absolute Gasteiger partial charge is 0.0598 e. The van der Waals surface area contributed by atoms with Crippen molar-refractivity contribution in [1.82, 2.24) is 4.90 Å². The fraction of sp³-hybridized carbons (Fsp3) is 1.00. The Labute approximate surface area is 87.6 Å². The molecule has 0 radical (unpaired) electrons. The number of ether oxygens (including phenoxy) is 1. The van der Waals surface area contributed by atoms with E-state index >= 15 is 0 Å². The first-order chi connectivity index (χ1) is 6.49. The lowest BCUT2D eigenvalue weighted by Gasteiger charge is -2.35. The average molecular weight is 197 g/mol. The topological polar surface area (TPSA) is 12.5 Å². The molecule has 2 nitrogen and oxygen atoms in total. The number of hydrogen-bond acceptors (Lipinski definition) is 2. The van der Waals surface area contributed by atoms with Crippen molar-refractivity contribution < 1.29 is 4.74 Å². The Morgan fingerprint density at radius 2 is 1.86 bits per heavy atom. The van der Waals surface area contributed by atoms with Gasteiger partial charge in [-0.3, -0.25) is 0 Å². The second-order valence-electron chi connectivity index (χ2n) is 6.03. The molecule has 1 aliphatic carbocycles. The summed E-state index contributed by atoms with van der Waals surface area (Å²) in [4.78, 5) is 2.57. The second-order valence-corrected chi connectivity index (χ2v) is 6.03. The maximum absolute atomic E-state index is 5.90. The molecule has 2 rings (SSSR count). The molecule has 2 heteroatoms. The maximum atomic E-state index is 5.90. The summed E-state index contributed by atoms with van der Waals surface area (Å²) in [5.74, 6) is 0. The molecule has 2 fully saturated rings. The molecule has 0 N–H and O–H groups in total. The van der Waals surface area contributed by atoms with E-state index in [0.717, 1.165) is 6.61 Å². The van der Waals surface area contributed by atoms with Crippen LogP contribution in [0.25, 0.3) is 0 Å². The second kappa shape index (κ2) is 3.49. The quantitative estimate of drug-likeness (QED) is 0.685. The third-order valence-corrected chi connectivity index (χ3v) is 3.28. The van der Waals surface area contributed by atoms with Gasteiger partial charge in [0.05, 0.1) is 12.2 Å². The monoisotopic (exact) mass is 197 g/mol. The maximum Gasteiger partial charge on any atom is 0.0598 e. The van der Waals surface area contributed by atoms with E-state index in [4.69, 9.17) is 4.74 Å². The molecule has 1 saturated heterocycles. The molecule has 0 aromatic carbocycles. The van der Waals surface area contributed by atoms with Gasteiger partial charge in [-0.25, -0.2) is 0 Å². The van der Waals surface area contributed by atoms with Crippen LogP contribution in [0.2, 0.25) is 0 Å². The molecule has 1 saturated carbocycles. The van der Waals surface area contributed by atoms with Gasteiger partial charge >= 0.3 is 0 Å². The lowest BCUT2D eigenvalue weighted by molar-refractivity contribution is -0.0373. The molecule has 0 unspecified atom stereocenters. The van der Waals surface area contributed by atoms with E-state index in [1.807, 2.05) is 0 Å². The van der Waals surface area contributed by atoms with E-state index in [2.05, 4.69) is 25.7 Å². The molecule has 14 heavy (non-hydrogen) atoms. The lowest BCUT2D eigenvalue weighted by Crippen LogP contribution is -2.42. The Morgan fingerprint density at radius 3 is 2.21 bits per heavy atom. The van der Waals surface area contributed by atoms with E-state index in [1.165, 1.54) is 38.9 Å². The zero-order valence-electron chi connectivity index (χ0n) is 9.81. The standard InChI is InChI=1S/C12H23NO/c1-11(2,3)14-10-12(5-6-12)9-13-7-4-8-13/h4-10H2,1-3H3. The van der Waals surface area contributed by atoms with E-state index in [1.54, 1.807) is 0 Å². The van der Waals surface area contributed by atoms with Crippen molar-refractivity contribution in [3.8, 4) is 0 Å². The van der Waals surface area contributed by atoms with E-state index < -0.39 is 0 Å². The summed E-state index contributed by atoms with van der Waals surface area (Å²) in [6, 6.07) is 0. The van der Waals surface area contributed by atoms with Gasteiger partial charge in [-0.15, -0.1) is 0 Å². The van der Waals surface area contributed by atoms with Crippen molar-refractivity contribution in [2.24, 2.45) is 5.41 Å². The van der Waals surface area contributed by atoms with Crippen molar-refractivity contribution in [3.63, 3.8) is 0 Å². The average Bonchev–Trinajstić information content (AvgIpc) is 2.73. The summed E-state index contributed by atoms with van der Waals surface area (Å²) in [5.41, 5.74) is 0.568. The van der Waals surface area contributed by atoms with E-state index in [0.29, 0.717) is 5.41 Å². The number of nitrogens with zero attached hydrogens (tertiary/aromatic N) is 1. The van der Waals surface area contributed by atoms with Gasteiger partial charge in [0.25, 0.3) is 0 Å². The Hall–Kier alpha value is -0.0800. The molecule has 0 aromatic rings. The van der Waals surface area contributed by atoms with Crippen molar-refractivity contribution in [1.29, 1.82) is 0 Å². The van der Waals surface area contributed by atoms with E-state index in [9.17, 15) is 0 Å². The fourth-order valence-electron chi connectivity index (χ4n) is 1.91. The van der Waals surface area contributed by atoms with Gasteiger partial charge in [0, 0.05) is 12.0 Å². The summed E-state index contributed by atoms with van der Waals surface area (Å²) in [6.45, 7) is 11.3. The van der Waals surface area contributed by atoms with Crippen molar-refractivity contribution in [2.75, 3.05) is 26.2 Å². The van der Waals surface area contributed by atoms with Gasteiger partial charge in [0.2, 0.25) is 0 Å². The zero-order valence-corrected chi connectivity index (χ0v) is 9.81. The SMILES string of the molecule is CC(C)(C)OCC1(CN2CCC2)CC1. The van der Waals surface area contributed by atoms with Crippen LogP contribution in [0.15, 0.2) is 0 Å². The Bertz CT molecular complexity index is 199. The van der Waals surface area contributed by atoms with Gasteiger partial charge in [-0.05, 0) is 53.1 Å². The summed E-state index contributed by atoms with van der Waals surface area (Å²) in [7, 11) is 0. The summed E-state index contributed by atoms with van der Waals surface area (Å²) in [5, 5.41) is 0. The minimum Gasteiger partial charge on any atom is -0.375 e. The third kappa shape index (κ3) is 2.71. The van der Waals surface area contributed by atoms with Crippen LogP contribution in [-0.2, 0) is 4.74 Å². The largest absolute Gasteiger partial charge is 0.375 e. The zero-order chi connectivity index (χ0) is 10.2. The number of hydrogen-bond donors (Lipinski definition) is 0. The van der Waals surface area contributed by atoms with Crippen LogP contribution in [-0.4, -0.2) is 36.7 Å². The van der Waals surface area contributed by atoms with Gasteiger partial charge in [-0.1, -0.05) is 0 Å². The molecule has 0 atom stereocenters. The van der Waals surface area contributed by atoms with Crippen LogP contribution < -0.4 is 0 Å². The lowest BCUT2D eigenvalue weighted by atomic mass is 10.0. The summed E-state index contributed by atoms with van der Waals surface area (Å²) >= 11 is 0. The molecule has 1 heterocycles. The highest BCUT2D eigenvalue weighted by molar-refractivity contribution is 4.97. The van der Waals surface area contributed by atoms with Crippen LogP contribution in [0, 0.1) is 5.41 Å². The molecule has 2 aliphatic rings. The van der Waals surface area contributed by atoms with Crippen LogP contribution in [0.3, 0.4) is 0 Å². The van der Waals surface area contributed by atoms with Crippen LogP contribution in [0.4, 0.5) is 0 Å². The predicted octanol–water partition coefficient (Wildman–Crippen LogP) is 2.29. The minimum absolute atomic E-state index is 0.0323. The Balaban J connectivity index is 1.73. The van der Waals surface area contributed by atoms with Crippen LogP contribution in [0.1, 0.15) is 40.0 Å². The van der Waals surface area contributed by atoms with Crippen molar-refractivity contribution >= 4 is 0 Å². The molecule has 0 amide bonds. The highest BCUT2D eigenvalue weighted by Crippen LogP contribution is 2.47. The molecule has 0 spiro atoms. The highest BCUT2D eigenvalue weighted by Gasteiger charge is 2.45. The first-order valence-electron chi connectivity index (χ1n) is 5.86. The highest BCUT2D eigenvalue weighted by atomic mass is 16.5. The molecular weight excluding hydrogens is 174 g/mol. The molecule has 0 aromatic heterocycles. The van der Waals surface area contributed by atoms with Gasteiger partial charge in [0.15, 0.2) is 0 Å². The van der Waals surface area contributed by atoms with Crippen molar-refractivity contribution in [2.45, 2.75) is 45.6 Å². The van der Waals surface area contributed by atoms with Crippen LogP contribution >= 0.6 is 0 Å². The first kappa shape index (κ1) is 10.4. The third-order valence-electron chi connectivity index (χ3n) is 3.28. The normalized spacial score (nSPS) is 25.9.